The van der Waals surface area contributed by atoms with Crippen LogP contribution in [0.3, 0.4) is 0 Å². The normalized spacial score (nSPS) is 13.6. The van der Waals surface area contributed by atoms with E-state index in [1.54, 1.807) is 16.0 Å². The number of pyridine rings is 1. The third kappa shape index (κ3) is 8.27. The molecule has 248 valence electrons. The Hall–Kier alpha value is -5.21. The third-order valence-corrected chi connectivity index (χ3v) is 9.01. The van der Waals surface area contributed by atoms with Crippen LogP contribution in [0.2, 0.25) is 5.02 Å². The molecule has 0 spiro atoms. The number of benzene rings is 4. The van der Waals surface area contributed by atoms with Crippen LogP contribution in [0.25, 0.3) is 17.3 Å². The number of halogens is 4. The van der Waals surface area contributed by atoms with E-state index in [1.165, 1.54) is 24.3 Å². The van der Waals surface area contributed by atoms with E-state index in [9.17, 15) is 22.8 Å². The quantitative estimate of drug-likeness (QED) is 0.147. The standard InChI is InChI=1S/C40H33ClF3N3O2/c41-35-10-6-9-32-27-46(24-22-34(32)35)39(49)37(25-29-7-2-1-3-8-29)47(26-30-12-17-31(18-13-30)36-11-4-5-23-45-36)38(48)21-16-28-14-19-33(20-15-28)40(42,43)44/h1-21,23,37H,22,24-27H2. The van der Waals surface area contributed by atoms with Gasteiger partial charge in [-0.15, -0.1) is 0 Å². The molecule has 4 aromatic carbocycles. The first-order chi connectivity index (χ1) is 23.7. The molecule has 2 heterocycles. The fraction of sp³-hybridized carbons (Fsp3) is 0.175. The van der Waals surface area contributed by atoms with Gasteiger partial charge in [-0.2, -0.15) is 13.2 Å². The molecule has 5 nitrogen and oxygen atoms in total. The van der Waals surface area contributed by atoms with Crippen LogP contribution in [-0.4, -0.2) is 39.2 Å². The maximum Gasteiger partial charge on any atom is 0.416 e. The number of carbonyl (C=O) groups excluding carboxylic acids is 2. The summed E-state index contributed by atoms with van der Waals surface area (Å²) in [5.41, 5.74) is 5.05. The average molecular weight is 680 g/mol. The van der Waals surface area contributed by atoms with Gasteiger partial charge < -0.3 is 9.80 Å². The van der Waals surface area contributed by atoms with Gasteiger partial charge in [-0.1, -0.05) is 96.5 Å². The molecule has 2 amide bonds. The summed E-state index contributed by atoms with van der Waals surface area (Å²) in [5, 5.41) is 0.671. The molecule has 9 heteroatoms. The highest BCUT2D eigenvalue weighted by atomic mass is 35.5. The van der Waals surface area contributed by atoms with Gasteiger partial charge in [-0.3, -0.25) is 14.6 Å². The molecule has 1 aliphatic rings. The minimum atomic E-state index is -4.47. The van der Waals surface area contributed by atoms with Gasteiger partial charge in [-0.25, -0.2) is 0 Å². The van der Waals surface area contributed by atoms with E-state index in [-0.39, 0.29) is 18.9 Å². The molecule has 0 bridgehead atoms. The van der Waals surface area contributed by atoms with Crippen LogP contribution < -0.4 is 0 Å². The molecule has 0 fully saturated rings. The SMILES string of the molecule is O=C(C(Cc1ccccc1)N(Cc1ccc(-c2ccccn2)cc1)C(=O)C=Cc1ccc(C(F)(F)F)cc1)N1CCc2c(Cl)cccc2C1. The first kappa shape index (κ1) is 33.7. The van der Waals surface area contributed by atoms with Crippen molar-refractivity contribution >= 4 is 29.5 Å². The Morgan fingerprint density at radius 2 is 1.59 bits per heavy atom. The van der Waals surface area contributed by atoms with Crippen molar-refractivity contribution in [1.29, 1.82) is 0 Å². The molecule has 5 aromatic rings. The number of carbonyl (C=O) groups is 2. The van der Waals surface area contributed by atoms with Gasteiger partial charge in [0.15, 0.2) is 0 Å². The Labute approximate surface area is 288 Å². The first-order valence-corrected chi connectivity index (χ1v) is 16.3. The molecular formula is C40H33ClF3N3O2. The highest BCUT2D eigenvalue weighted by Gasteiger charge is 2.34. The van der Waals surface area contributed by atoms with E-state index in [0.717, 1.165) is 45.6 Å². The molecule has 0 saturated heterocycles. The van der Waals surface area contributed by atoms with Crippen LogP contribution in [0.1, 0.15) is 33.4 Å². The van der Waals surface area contributed by atoms with E-state index >= 15 is 0 Å². The summed E-state index contributed by atoms with van der Waals surface area (Å²) in [6.45, 7) is 0.934. The Morgan fingerprint density at radius 1 is 0.857 bits per heavy atom. The second kappa shape index (κ2) is 14.9. The smallest absolute Gasteiger partial charge is 0.336 e. The van der Waals surface area contributed by atoms with Crippen molar-refractivity contribution in [2.45, 2.75) is 38.1 Å². The number of hydrogen-bond acceptors (Lipinski definition) is 3. The van der Waals surface area contributed by atoms with Crippen LogP contribution in [-0.2, 0) is 41.7 Å². The molecule has 1 unspecified atom stereocenters. The summed E-state index contributed by atoms with van der Waals surface area (Å²) in [4.78, 5) is 36.4. The summed E-state index contributed by atoms with van der Waals surface area (Å²) >= 11 is 6.46. The van der Waals surface area contributed by atoms with Crippen molar-refractivity contribution in [3.8, 4) is 11.3 Å². The number of rotatable bonds is 9. The van der Waals surface area contributed by atoms with E-state index in [2.05, 4.69) is 4.98 Å². The minimum absolute atomic E-state index is 0.123. The van der Waals surface area contributed by atoms with Crippen LogP contribution in [0, 0.1) is 0 Å². The summed E-state index contributed by atoms with van der Waals surface area (Å²) < 4.78 is 39.4. The van der Waals surface area contributed by atoms with Gasteiger partial charge in [0.25, 0.3) is 0 Å². The zero-order valence-electron chi connectivity index (χ0n) is 26.5. The number of hydrogen-bond donors (Lipinski definition) is 0. The van der Waals surface area contributed by atoms with Gasteiger partial charge >= 0.3 is 6.18 Å². The predicted molar refractivity (Wildman–Crippen MR) is 185 cm³/mol. The van der Waals surface area contributed by atoms with Gasteiger partial charge in [0, 0.05) is 48.9 Å². The highest BCUT2D eigenvalue weighted by molar-refractivity contribution is 6.31. The fourth-order valence-corrected chi connectivity index (χ4v) is 6.32. The second-order valence-electron chi connectivity index (χ2n) is 11.9. The molecule has 1 aromatic heterocycles. The largest absolute Gasteiger partial charge is 0.416 e. The zero-order chi connectivity index (χ0) is 34.4. The van der Waals surface area contributed by atoms with Crippen molar-refractivity contribution in [2.75, 3.05) is 6.54 Å². The monoisotopic (exact) mass is 679 g/mol. The van der Waals surface area contributed by atoms with Crippen LogP contribution >= 0.6 is 11.6 Å². The molecule has 0 aliphatic carbocycles. The minimum Gasteiger partial charge on any atom is -0.336 e. The van der Waals surface area contributed by atoms with Gasteiger partial charge in [-0.05, 0) is 70.6 Å². The van der Waals surface area contributed by atoms with E-state index in [4.69, 9.17) is 11.6 Å². The van der Waals surface area contributed by atoms with E-state index in [0.29, 0.717) is 30.1 Å². The third-order valence-electron chi connectivity index (χ3n) is 8.66. The molecule has 6 rings (SSSR count). The number of nitrogens with zero attached hydrogens (tertiary/aromatic N) is 3. The Balaban J connectivity index is 1.34. The number of aromatic nitrogens is 1. The molecule has 0 radical (unpaired) electrons. The van der Waals surface area contributed by atoms with Crippen molar-refractivity contribution in [3.05, 3.63) is 166 Å². The van der Waals surface area contributed by atoms with Gasteiger partial charge in [0.2, 0.25) is 11.8 Å². The lowest BCUT2D eigenvalue weighted by Gasteiger charge is -2.37. The Kier molecular flexibility index (Phi) is 10.3. The van der Waals surface area contributed by atoms with Gasteiger partial charge in [0.05, 0.1) is 11.3 Å². The maximum absolute atomic E-state index is 14.5. The molecular weight excluding hydrogens is 647 g/mol. The summed E-state index contributed by atoms with van der Waals surface area (Å²) in [5.74, 6) is -0.640. The maximum atomic E-state index is 14.5. The average Bonchev–Trinajstić information content (AvgIpc) is 3.12. The molecule has 1 atom stereocenters. The van der Waals surface area contributed by atoms with E-state index < -0.39 is 23.7 Å². The van der Waals surface area contributed by atoms with Gasteiger partial charge in [0.1, 0.15) is 6.04 Å². The number of fused-ring (bicyclic) bond motifs is 1. The summed E-state index contributed by atoms with van der Waals surface area (Å²) in [6.07, 6.45) is 0.913. The summed E-state index contributed by atoms with van der Waals surface area (Å²) in [7, 11) is 0. The van der Waals surface area contributed by atoms with E-state index in [1.807, 2.05) is 91.0 Å². The van der Waals surface area contributed by atoms with Crippen molar-refractivity contribution in [2.24, 2.45) is 0 Å². The molecule has 49 heavy (non-hydrogen) atoms. The van der Waals surface area contributed by atoms with Crippen molar-refractivity contribution in [3.63, 3.8) is 0 Å². The lowest BCUT2D eigenvalue weighted by Crippen LogP contribution is -2.52. The highest BCUT2D eigenvalue weighted by Crippen LogP contribution is 2.30. The Morgan fingerprint density at radius 3 is 2.29 bits per heavy atom. The lowest BCUT2D eigenvalue weighted by molar-refractivity contribution is -0.144. The zero-order valence-corrected chi connectivity index (χ0v) is 27.2. The van der Waals surface area contributed by atoms with Crippen LogP contribution in [0.15, 0.2) is 128 Å². The Bertz CT molecular complexity index is 1930. The topological polar surface area (TPSA) is 53.5 Å². The van der Waals surface area contributed by atoms with Crippen LogP contribution in [0.4, 0.5) is 13.2 Å². The first-order valence-electron chi connectivity index (χ1n) is 15.9. The van der Waals surface area contributed by atoms with Crippen molar-refractivity contribution in [1.82, 2.24) is 14.8 Å². The number of alkyl halides is 3. The molecule has 0 N–H and O–H groups in total. The second-order valence-corrected chi connectivity index (χ2v) is 12.3. The fourth-order valence-electron chi connectivity index (χ4n) is 6.03. The molecule has 0 saturated carbocycles. The number of amides is 2. The van der Waals surface area contributed by atoms with Crippen LogP contribution in [0.5, 0.6) is 0 Å². The molecule has 1 aliphatic heterocycles. The van der Waals surface area contributed by atoms with Crippen molar-refractivity contribution < 1.29 is 22.8 Å². The predicted octanol–water partition coefficient (Wildman–Crippen LogP) is 8.66. The summed E-state index contributed by atoms with van der Waals surface area (Å²) in [6, 6.07) is 32.3. The lowest BCUT2D eigenvalue weighted by atomic mass is 9.97.